The molecule has 1 N–H and O–H groups in total. The van der Waals surface area contributed by atoms with Gasteiger partial charge in [-0.2, -0.15) is 0 Å². The third-order valence-corrected chi connectivity index (χ3v) is 3.77. The van der Waals surface area contributed by atoms with Crippen LogP contribution in [0.3, 0.4) is 0 Å². The summed E-state index contributed by atoms with van der Waals surface area (Å²) in [6, 6.07) is 13.2. The van der Waals surface area contributed by atoms with Gasteiger partial charge in [0.15, 0.2) is 0 Å². The summed E-state index contributed by atoms with van der Waals surface area (Å²) in [5.74, 6) is 0.358. The number of methoxy groups -OCH3 is 1. The highest BCUT2D eigenvalue weighted by atomic mass is 19.1. The third kappa shape index (κ3) is 3.82. The fourth-order valence-electron chi connectivity index (χ4n) is 2.53. The number of hydrogen-bond donors (Lipinski definition) is 1. The van der Waals surface area contributed by atoms with Crippen LogP contribution in [0.15, 0.2) is 42.5 Å². The van der Waals surface area contributed by atoms with Gasteiger partial charge in [-0.3, -0.25) is 0 Å². The second kappa shape index (κ2) is 7.23. The van der Waals surface area contributed by atoms with Crippen LogP contribution in [0.1, 0.15) is 29.7 Å². The fourth-order valence-corrected chi connectivity index (χ4v) is 2.53. The number of nitrogens with one attached hydrogen (secondary N) is 1. The molecule has 0 aliphatic heterocycles. The SMILES string of the molecule is COc1cccc(F)c1C(C)NCCc1ccccc1C. The van der Waals surface area contributed by atoms with Crippen LogP contribution in [-0.2, 0) is 6.42 Å². The molecule has 2 rings (SSSR count). The number of benzene rings is 2. The molecule has 1 unspecified atom stereocenters. The molecule has 2 aromatic carbocycles. The number of hydrogen-bond acceptors (Lipinski definition) is 2. The van der Waals surface area contributed by atoms with Crippen molar-refractivity contribution in [1.82, 2.24) is 5.32 Å². The molecular weight excluding hydrogens is 265 g/mol. The van der Waals surface area contributed by atoms with Crippen LogP contribution < -0.4 is 10.1 Å². The predicted octanol–water partition coefficient (Wildman–Crippen LogP) is 4.04. The van der Waals surface area contributed by atoms with Gasteiger partial charge in [0.05, 0.1) is 7.11 Å². The molecule has 0 spiro atoms. The van der Waals surface area contributed by atoms with Crippen molar-refractivity contribution in [2.45, 2.75) is 26.3 Å². The summed E-state index contributed by atoms with van der Waals surface area (Å²) in [7, 11) is 1.57. The lowest BCUT2D eigenvalue weighted by molar-refractivity contribution is 0.394. The topological polar surface area (TPSA) is 21.3 Å². The van der Waals surface area contributed by atoms with Crippen molar-refractivity contribution >= 4 is 0 Å². The monoisotopic (exact) mass is 287 g/mol. The Bertz CT molecular complexity index is 598. The predicted molar refractivity (Wildman–Crippen MR) is 84.3 cm³/mol. The molecule has 0 fully saturated rings. The maximum absolute atomic E-state index is 14.0. The molecule has 0 aromatic heterocycles. The summed E-state index contributed by atoms with van der Waals surface area (Å²) in [6.07, 6.45) is 0.924. The van der Waals surface area contributed by atoms with Crippen molar-refractivity contribution in [2.75, 3.05) is 13.7 Å². The van der Waals surface area contributed by atoms with E-state index in [1.165, 1.54) is 17.2 Å². The summed E-state index contributed by atoms with van der Waals surface area (Å²) in [5, 5.41) is 3.37. The van der Waals surface area contributed by atoms with E-state index >= 15 is 0 Å². The first kappa shape index (κ1) is 15.5. The first-order valence-electron chi connectivity index (χ1n) is 7.23. The highest BCUT2D eigenvalue weighted by Crippen LogP contribution is 2.27. The summed E-state index contributed by atoms with van der Waals surface area (Å²) in [6.45, 7) is 4.86. The average molecular weight is 287 g/mol. The minimum atomic E-state index is -0.231. The molecule has 1 atom stereocenters. The first-order valence-corrected chi connectivity index (χ1v) is 7.23. The van der Waals surface area contributed by atoms with E-state index in [4.69, 9.17) is 4.74 Å². The van der Waals surface area contributed by atoms with E-state index in [1.54, 1.807) is 19.2 Å². The van der Waals surface area contributed by atoms with E-state index in [-0.39, 0.29) is 11.9 Å². The molecule has 112 valence electrons. The van der Waals surface area contributed by atoms with Gasteiger partial charge in [-0.25, -0.2) is 4.39 Å². The molecule has 0 saturated carbocycles. The molecule has 0 aliphatic rings. The van der Waals surface area contributed by atoms with Gasteiger partial charge < -0.3 is 10.1 Å². The molecule has 21 heavy (non-hydrogen) atoms. The smallest absolute Gasteiger partial charge is 0.131 e. The normalized spacial score (nSPS) is 12.2. The Hall–Kier alpha value is -1.87. The van der Waals surface area contributed by atoms with Crippen LogP contribution in [0.2, 0.25) is 0 Å². The lowest BCUT2D eigenvalue weighted by Gasteiger charge is -2.18. The molecule has 2 nitrogen and oxygen atoms in total. The Morgan fingerprint density at radius 2 is 1.90 bits per heavy atom. The zero-order valence-corrected chi connectivity index (χ0v) is 12.8. The van der Waals surface area contributed by atoms with E-state index < -0.39 is 0 Å². The molecule has 0 amide bonds. The molecule has 0 bridgehead atoms. The highest BCUT2D eigenvalue weighted by Gasteiger charge is 2.15. The molecule has 0 aliphatic carbocycles. The molecule has 2 aromatic rings. The molecule has 0 heterocycles. The quantitative estimate of drug-likeness (QED) is 0.866. The lowest BCUT2D eigenvalue weighted by atomic mass is 10.0. The van der Waals surface area contributed by atoms with Gasteiger partial charge in [-0.1, -0.05) is 30.3 Å². The van der Waals surface area contributed by atoms with E-state index in [2.05, 4.69) is 24.4 Å². The Balaban J connectivity index is 1.99. The second-order valence-electron chi connectivity index (χ2n) is 5.21. The molecule has 3 heteroatoms. The van der Waals surface area contributed by atoms with Crippen LogP contribution in [0.4, 0.5) is 4.39 Å². The highest BCUT2D eigenvalue weighted by molar-refractivity contribution is 5.37. The summed E-state index contributed by atoms with van der Waals surface area (Å²) in [5.41, 5.74) is 3.19. The Labute approximate surface area is 126 Å². The van der Waals surface area contributed by atoms with Crippen molar-refractivity contribution in [3.63, 3.8) is 0 Å². The number of ether oxygens (including phenoxy) is 1. The van der Waals surface area contributed by atoms with Gasteiger partial charge in [0.1, 0.15) is 11.6 Å². The summed E-state index contributed by atoms with van der Waals surface area (Å²) < 4.78 is 19.2. The maximum Gasteiger partial charge on any atom is 0.131 e. The second-order valence-corrected chi connectivity index (χ2v) is 5.21. The number of rotatable bonds is 6. The van der Waals surface area contributed by atoms with Crippen molar-refractivity contribution in [2.24, 2.45) is 0 Å². The zero-order valence-electron chi connectivity index (χ0n) is 12.8. The Morgan fingerprint density at radius 1 is 1.14 bits per heavy atom. The van der Waals surface area contributed by atoms with Crippen LogP contribution >= 0.6 is 0 Å². The van der Waals surface area contributed by atoms with Gasteiger partial charge in [0, 0.05) is 11.6 Å². The number of aryl methyl sites for hydroxylation is 1. The number of halogens is 1. The lowest BCUT2D eigenvalue weighted by Crippen LogP contribution is -2.23. The maximum atomic E-state index is 14.0. The van der Waals surface area contributed by atoms with Crippen LogP contribution in [0, 0.1) is 12.7 Å². The minimum Gasteiger partial charge on any atom is -0.496 e. The molecule has 0 saturated heterocycles. The first-order chi connectivity index (χ1) is 10.1. The van der Waals surface area contributed by atoms with Crippen molar-refractivity contribution in [3.8, 4) is 5.75 Å². The van der Waals surface area contributed by atoms with E-state index in [9.17, 15) is 4.39 Å². The van der Waals surface area contributed by atoms with Gasteiger partial charge >= 0.3 is 0 Å². The molecule has 0 radical (unpaired) electrons. The van der Waals surface area contributed by atoms with Gasteiger partial charge in [0.2, 0.25) is 0 Å². The minimum absolute atomic E-state index is 0.0924. The van der Waals surface area contributed by atoms with Crippen LogP contribution in [0.5, 0.6) is 5.75 Å². The van der Waals surface area contributed by atoms with Crippen LogP contribution in [-0.4, -0.2) is 13.7 Å². The van der Waals surface area contributed by atoms with Gasteiger partial charge in [-0.05, 0) is 50.1 Å². The summed E-state index contributed by atoms with van der Waals surface area (Å²) >= 11 is 0. The largest absolute Gasteiger partial charge is 0.496 e. The standard InChI is InChI=1S/C18H22FNO/c1-13-7-4-5-8-15(13)11-12-20-14(2)18-16(19)9-6-10-17(18)21-3/h4-10,14,20H,11-12H2,1-3H3. The Kier molecular flexibility index (Phi) is 5.34. The van der Waals surface area contributed by atoms with Gasteiger partial charge in [-0.15, -0.1) is 0 Å². The Morgan fingerprint density at radius 3 is 2.62 bits per heavy atom. The summed E-state index contributed by atoms with van der Waals surface area (Å²) in [4.78, 5) is 0. The average Bonchev–Trinajstić information content (AvgIpc) is 2.48. The van der Waals surface area contributed by atoms with Crippen LogP contribution in [0.25, 0.3) is 0 Å². The van der Waals surface area contributed by atoms with Gasteiger partial charge in [0.25, 0.3) is 0 Å². The third-order valence-electron chi connectivity index (χ3n) is 3.77. The van der Waals surface area contributed by atoms with Crippen molar-refractivity contribution < 1.29 is 9.13 Å². The van der Waals surface area contributed by atoms with E-state index in [0.717, 1.165) is 13.0 Å². The van der Waals surface area contributed by atoms with E-state index in [0.29, 0.717) is 11.3 Å². The van der Waals surface area contributed by atoms with Crippen molar-refractivity contribution in [3.05, 3.63) is 65.0 Å². The fraction of sp³-hybridized carbons (Fsp3) is 0.333. The van der Waals surface area contributed by atoms with E-state index in [1.807, 2.05) is 19.1 Å². The zero-order chi connectivity index (χ0) is 15.2. The molecular formula is C18H22FNO. The van der Waals surface area contributed by atoms with Crippen molar-refractivity contribution in [1.29, 1.82) is 0 Å².